The van der Waals surface area contributed by atoms with Gasteiger partial charge in [-0.05, 0) is 0 Å². The van der Waals surface area contributed by atoms with E-state index in [2.05, 4.69) is 9.73 Å². The molecule has 1 amide bonds. The van der Waals surface area contributed by atoms with E-state index >= 15 is 0 Å². The van der Waals surface area contributed by atoms with Crippen molar-refractivity contribution in [3.63, 3.8) is 0 Å². The molecule has 9 heteroatoms. The van der Waals surface area contributed by atoms with Crippen LogP contribution >= 0.6 is 0 Å². The Morgan fingerprint density at radius 2 is 2.10 bits per heavy atom. The van der Waals surface area contributed by atoms with Crippen LogP contribution in [0.5, 0.6) is 0 Å². The van der Waals surface area contributed by atoms with Gasteiger partial charge in [0.25, 0.3) is 0 Å². The van der Waals surface area contributed by atoms with Crippen LogP contribution in [0.2, 0.25) is 0 Å². The van der Waals surface area contributed by atoms with Gasteiger partial charge in [0.2, 0.25) is 5.91 Å². The molecule has 0 radical (unpaired) electrons. The zero-order valence-corrected chi connectivity index (χ0v) is 10.9. The number of carbonyl (C=O) groups excluding carboxylic acids is 2. The van der Waals surface area contributed by atoms with E-state index in [1.54, 1.807) is 0 Å². The lowest BCUT2D eigenvalue weighted by Gasteiger charge is -2.11. The van der Waals surface area contributed by atoms with Gasteiger partial charge in [0, 0.05) is 6.21 Å². The molecule has 0 spiro atoms. The van der Waals surface area contributed by atoms with Crippen molar-refractivity contribution in [3.8, 4) is 0 Å². The summed E-state index contributed by atoms with van der Waals surface area (Å²) in [6.07, 6.45) is -3.93. The predicted octanol–water partition coefficient (Wildman–Crippen LogP) is -2.84. The van der Waals surface area contributed by atoms with E-state index in [1.165, 1.54) is 7.11 Å². The lowest BCUT2D eigenvalue weighted by molar-refractivity contribution is -0.142. The minimum atomic E-state index is -1.34. The summed E-state index contributed by atoms with van der Waals surface area (Å²) in [6.45, 7) is -0.481. The molecule has 0 aromatic heterocycles. The first-order chi connectivity index (χ1) is 9.40. The standard InChI is InChI=1S/C11H18N2O7/c1-19-7(15)2-5(10(12)18)3-13-11-9(17)8(16)6(4-14)20-11/h3,5-6,8-9,11,14,16-17H,2,4H2,1H3,(H2,12,18). The average Bonchev–Trinajstić information content (AvgIpc) is 2.70. The summed E-state index contributed by atoms with van der Waals surface area (Å²) in [5, 5.41) is 28.0. The summed E-state index contributed by atoms with van der Waals surface area (Å²) in [6, 6.07) is 0. The number of rotatable bonds is 6. The van der Waals surface area contributed by atoms with Crippen molar-refractivity contribution in [2.45, 2.75) is 31.0 Å². The number of aliphatic hydroxyl groups excluding tert-OH is 3. The third kappa shape index (κ3) is 3.97. The first kappa shape index (κ1) is 16.5. The molecule has 5 unspecified atom stereocenters. The van der Waals surface area contributed by atoms with Gasteiger partial charge in [-0.2, -0.15) is 0 Å². The molecular weight excluding hydrogens is 272 g/mol. The number of esters is 1. The first-order valence-corrected chi connectivity index (χ1v) is 5.92. The van der Waals surface area contributed by atoms with Crippen molar-refractivity contribution in [3.05, 3.63) is 0 Å². The van der Waals surface area contributed by atoms with Crippen LogP contribution in [0.3, 0.4) is 0 Å². The van der Waals surface area contributed by atoms with Crippen LogP contribution in [0.4, 0.5) is 0 Å². The molecule has 1 fully saturated rings. The van der Waals surface area contributed by atoms with Crippen molar-refractivity contribution < 1.29 is 34.4 Å². The van der Waals surface area contributed by atoms with E-state index in [9.17, 15) is 19.8 Å². The second kappa shape index (κ2) is 7.29. The van der Waals surface area contributed by atoms with Gasteiger partial charge < -0.3 is 30.5 Å². The van der Waals surface area contributed by atoms with Crippen LogP contribution in [-0.2, 0) is 19.1 Å². The fraction of sp³-hybridized carbons (Fsp3) is 0.727. The number of aliphatic hydroxyl groups is 3. The molecule has 5 atom stereocenters. The fourth-order valence-corrected chi connectivity index (χ4v) is 1.68. The maximum absolute atomic E-state index is 11.2. The number of hydrogen-bond acceptors (Lipinski definition) is 8. The van der Waals surface area contributed by atoms with Gasteiger partial charge in [0.15, 0.2) is 6.23 Å². The molecular formula is C11H18N2O7. The van der Waals surface area contributed by atoms with Crippen LogP contribution in [0.25, 0.3) is 0 Å². The molecule has 1 heterocycles. The van der Waals surface area contributed by atoms with Crippen LogP contribution in [0.15, 0.2) is 4.99 Å². The fourth-order valence-electron chi connectivity index (χ4n) is 1.68. The number of nitrogens with two attached hydrogens (primary N) is 1. The molecule has 1 rings (SSSR count). The summed E-state index contributed by atoms with van der Waals surface area (Å²) in [5.74, 6) is -2.43. The molecule has 0 aromatic carbocycles. The highest BCUT2D eigenvalue weighted by molar-refractivity contribution is 5.95. The number of primary amides is 1. The van der Waals surface area contributed by atoms with E-state index in [0.717, 1.165) is 6.21 Å². The molecule has 9 nitrogen and oxygen atoms in total. The first-order valence-electron chi connectivity index (χ1n) is 5.92. The maximum atomic E-state index is 11.2. The van der Waals surface area contributed by atoms with Gasteiger partial charge in [-0.1, -0.05) is 0 Å². The second-order valence-electron chi connectivity index (χ2n) is 4.32. The third-order valence-electron chi connectivity index (χ3n) is 2.91. The van der Waals surface area contributed by atoms with E-state index in [1.807, 2.05) is 0 Å². The molecule has 0 aliphatic carbocycles. The van der Waals surface area contributed by atoms with Crippen molar-refractivity contribution in [1.82, 2.24) is 0 Å². The highest BCUT2D eigenvalue weighted by atomic mass is 16.6. The van der Waals surface area contributed by atoms with Gasteiger partial charge in [-0.25, -0.2) is 0 Å². The molecule has 114 valence electrons. The minimum Gasteiger partial charge on any atom is -0.469 e. The summed E-state index contributed by atoms with van der Waals surface area (Å²) >= 11 is 0. The monoisotopic (exact) mass is 290 g/mol. The lowest BCUT2D eigenvalue weighted by Crippen LogP contribution is -2.33. The molecule has 0 saturated carbocycles. The van der Waals surface area contributed by atoms with Crippen molar-refractivity contribution in [1.29, 1.82) is 0 Å². The topological polar surface area (TPSA) is 152 Å². The molecule has 0 aromatic rings. The Morgan fingerprint density at radius 3 is 2.55 bits per heavy atom. The third-order valence-corrected chi connectivity index (χ3v) is 2.91. The predicted molar refractivity (Wildman–Crippen MR) is 65.6 cm³/mol. The number of nitrogens with zero attached hydrogens (tertiary/aromatic N) is 1. The minimum absolute atomic E-state index is 0.288. The molecule has 1 aliphatic rings. The second-order valence-corrected chi connectivity index (χ2v) is 4.32. The Kier molecular flexibility index (Phi) is 6.02. The molecule has 1 saturated heterocycles. The Morgan fingerprint density at radius 1 is 1.45 bits per heavy atom. The number of aliphatic imine (C=N–C) groups is 1. The zero-order valence-electron chi connectivity index (χ0n) is 10.9. The number of carbonyl (C=O) groups is 2. The summed E-state index contributed by atoms with van der Waals surface area (Å²) in [5.41, 5.74) is 5.11. The molecule has 1 aliphatic heterocycles. The van der Waals surface area contributed by atoms with Crippen molar-refractivity contribution in [2.24, 2.45) is 16.6 Å². The smallest absolute Gasteiger partial charge is 0.306 e. The van der Waals surface area contributed by atoms with E-state index < -0.39 is 48.9 Å². The van der Waals surface area contributed by atoms with Gasteiger partial charge in [-0.3, -0.25) is 14.6 Å². The van der Waals surface area contributed by atoms with Crippen LogP contribution in [-0.4, -0.2) is 71.7 Å². The van der Waals surface area contributed by atoms with Crippen molar-refractivity contribution >= 4 is 18.1 Å². The van der Waals surface area contributed by atoms with E-state index in [4.69, 9.17) is 15.6 Å². The lowest BCUT2D eigenvalue weighted by atomic mass is 10.1. The van der Waals surface area contributed by atoms with Gasteiger partial charge >= 0.3 is 5.97 Å². The van der Waals surface area contributed by atoms with Gasteiger partial charge in [0.1, 0.15) is 18.3 Å². The molecule has 0 bridgehead atoms. The Labute approximate surface area is 115 Å². The number of ether oxygens (including phenoxy) is 2. The summed E-state index contributed by atoms with van der Waals surface area (Å²) in [4.78, 5) is 26.0. The van der Waals surface area contributed by atoms with Gasteiger partial charge in [0.05, 0.1) is 26.1 Å². The quantitative estimate of drug-likeness (QED) is 0.304. The number of methoxy groups -OCH3 is 1. The average molecular weight is 290 g/mol. The summed E-state index contributed by atoms with van der Waals surface area (Å²) < 4.78 is 9.49. The number of amides is 1. The zero-order chi connectivity index (χ0) is 15.3. The van der Waals surface area contributed by atoms with Crippen molar-refractivity contribution in [2.75, 3.05) is 13.7 Å². The van der Waals surface area contributed by atoms with Crippen LogP contribution in [0.1, 0.15) is 6.42 Å². The summed E-state index contributed by atoms with van der Waals surface area (Å²) in [7, 11) is 1.17. The highest BCUT2D eigenvalue weighted by Crippen LogP contribution is 2.22. The normalized spacial score (nSPS) is 31.4. The Hall–Kier alpha value is -1.55. The molecule has 5 N–H and O–H groups in total. The van der Waals surface area contributed by atoms with Crippen LogP contribution in [0, 0.1) is 5.92 Å². The number of hydrogen-bond donors (Lipinski definition) is 4. The highest BCUT2D eigenvalue weighted by Gasteiger charge is 2.42. The Balaban J connectivity index is 2.69. The van der Waals surface area contributed by atoms with E-state index in [0.29, 0.717) is 0 Å². The SMILES string of the molecule is COC(=O)CC(C=NC1OC(CO)C(O)C1O)C(N)=O. The van der Waals surface area contributed by atoms with Gasteiger partial charge in [-0.15, -0.1) is 0 Å². The largest absolute Gasteiger partial charge is 0.469 e. The Bertz CT molecular complexity index is 387. The molecule has 20 heavy (non-hydrogen) atoms. The van der Waals surface area contributed by atoms with Crippen LogP contribution < -0.4 is 5.73 Å². The van der Waals surface area contributed by atoms with E-state index in [-0.39, 0.29) is 6.42 Å². The maximum Gasteiger partial charge on any atom is 0.306 e.